The third-order valence-corrected chi connectivity index (χ3v) is 4.16. The molecular formula is C15H19N3O3. The number of nitrogens with one attached hydrogen (secondary N) is 2. The molecular weight excluding hydrogens is 270 g/mol. The molecule has 3 rings (SSSR count). The highest BCUT2D eigenvalue weighted by molar-refractivity contribution is 5.99. The molecule has 1 heterocycles. The smallest absolute Gasteiger partial charge is 0.408 e. The number of amides is 1. The van der Waals surface area contributed by atoms with E-state index < -0.39 is 11.3 Å². The van der Waals surface area contributed by atoms with Crippen molar-refractivity contribution in [2.75, 3.05) is 5.32 Å². The van der Waals surface area contributed by atoms with Crippen molar-refractivity contribution in [2.24, 2.45) is 11.7 Å². The van der Waals surface area contributed by atoms with Crippen molar-refractivity contribution in [1.29, 1.82) is 0 Å². The highest BCUT2D eigenvalue weighted by atomic mass is 16.4. The van der Waals surface area contributed by atoms with E-state index in [1.165, 1.54) is 0 Å². The van der Waals surface area contributed by atoms with Crippen LogP contribution in [-0.2, 0) is 4.79 Å². The molecule has 6 nitrogen and oxygen atoms in total. The standard InChI is InChI=1S/C15H19N3O3/c1-9-3-2-6-15(16,8-9)13(19)17-10-4-5-12-11(7-10)18-14(20)21-12/h4-5,7,9H,2-3,6,8,16H2,1H3,(H,17,19)(H,18,20). The summed E-state index contributed by atoms with van der Waals surface area (Å²) in [6.07, 6.45) is 3.49. The van der Waals surface area contributed by atoms with Crippen molar-refractivity contribution in [3.63, 3.8) is 0 Å². The van der Waals surface area contributed by atoms with Gasteiger partial charge in [-0.2, -0.15) is 0 Å². The Morgan fingerprint density at radius 3 is 3.10 bits per heavy atom. The summed E-state index contributed by atoms with van der Waals surface area (Å²) in [5.41, 5.74) is 7.09. The van der Waals surface area contributed by atoms with Crippen molar-refractivity contribution in [2.45, 2.75) is 38.1 Å². The van der Waals surface area contributed by atoms with Gasteiger partial charge in [0, 0.05) is 5.69 Å². The maximum atomic E-state index is 12.4. The monoisotopic (exact) mass is 289 g/mol. The van der Waals surface area contributed by atoms with Crippen LogP contribution < -0.4 is 16.8 Å². The first-order valence-electron chi connectivity index (χ1n) is 7.19. The molecule has 1 fully saturated rings. The molecule has 2 atom stereocenters. The number of hydrogen-bond donors (Lipinski definition) is 3. The van der Waals surface area contributed by atoms with Gasteiger partial charge in [-0.1, -0.05) is 19.8 Å². The van der Waals surface area contributed by atoms with E-state index in [9.17, 15) is 9.59 Å². The van der Waals surface area contributed by atoms with Crippen LogP contribution in [0.25, 0.3) is 11.1 Å². The fourth-order valence-corrected chi connectivity index (χ4v) is 3.08. The highest BCUT2D eigenvalue weighted by Gasteiger charge is 2.37. The van der Waals surface area contributed by atoms with Crippen LogP contribution in [0.3, 0.4) is 0 Å². The molecule has 0 radical (unpaired) electrons. The summed E-state index contributed by atoms with van der Waals surface area (Å²) in [5.74, 6) is -0.216. The topological polar surface area (TPSA) is 101 Å². The lowest BCUT2D eigenvalue weighted by atomic mass is 9.76. The summed E-state index contributed by atoms with van der Waals surface area (Å²) in [7, 11) is 0. The Bertz CT molecular complexity index is 733. The van der Waals surface area contributed by atoms with Crippen LogP contribution in [0.1, 0.15) is 32.6 Å². The Morgan fingerprint density at radius 2 is 2.33 bits per heavy atom. The Morgan fingerprint density at radius 1 is 1.52 bits per heavy atom. The highest BCUT2D eigenvalue weighted by Crippen LogP contribution is 2.31. The quantitative estimate of drug-likeness (QED) is 0.786. The molecule has 4 N–H and O–H groups in total. The zero-order chi connectivity index (χ0) is 15.0. The van der Waals surface area contributed by atoms with Crippen LogP contribution in [0.2, 0.25) is 0 Å². The van der Waals surface area contributed by atoms with Crippen molar-refractivity contribution in [3.05, 3.63) is 28.7 Å². The second-order valence-corrected chi connectivity index (χ2v) is 6.04. The minimum absolute atomic E-state index is 0.167. The van der Waals surface area contributed by atoms with Gasteiger partial charge >= 0.3 is 5.76 Å². The number of aromatic amines is 1. The number of carbonyl (C=O) groups is 1. The first-order chi connectivity index (χ1) is 9.96. The Hall–Kier alpha value is -2.08. The number of rotatable bonds is 2. The molecule has 1 aliphatic carbocycles. The van der Waals surface area contributed by atoms with Crippen molar-refractivity contribution in [3.8, 4) is 0 Å². The molecule has 2 unspecified atom stereocenters. The molecule has 1 aromatic carbocycles. The summed E-state index contributed by atoms with van der Waals surface area (Å²) in [6, 6.07) is 5.02. The van der Waals surface area contributed by atoms with E-state index >= 15 is 0 Å². The zero-order valence-corrected chi connectivity index (χ0v) is 11.9. The number of hydrogen-bond acceptors (Lipinski definition) is 4. The lowest BCUT2D eigenvalue weighted by Gasteiger charge is -2.35. The maximum Gasteiger partial charge on any atom is 0.417 e. The molecule has 0 bridgehead atoms. The second-order valence-electron chi connectivity index (χ2n) is 6.04. The SMILES string of the molecule is CC1CCCC(N)(C(=O)Nc2ccc3oc(=O)[nH]c3c2)C1. The Balaban J connectivity index is 1.80. The van der Waals surface area contributed by atoms with Gasteiger partial charge < -0.3 is 15.5 Å². The van der Waals surface area contributed by atoms with Gasteiger partial charge in [-0.05, 0) is 37.0 Å². The van der Waals surface area contributed by atoms with Gasteiger partial charge in [-0.3, -0.25) is 9.78 Å². The van der Waals surface area contributed by atoms with Gasteiger partial charge in [0.25, 0.3) is 0 Å². The predicted octanol–water partition coefficient (Wildman–Crippen LogP) is 1.97. The molecule has 0 spiro atoms. The predicted molar refractivity (Wildman–Crippen MR) is 80.0 cm³/mol. The normalized spacial score (nSPS) is 25.9. The van der Waals surface area contributed by atoms with E-state index in [0.717, 1.165) is 12.8 Å². The minimum Gasteiger partial charge on any atom is -0.408 e. The summed E-state index contributed by atoms with van der Waals surface area (Å²) < 4.78 is 4.93. The molecule has 6 heteroatoms. The first-order valence-corrected chi connectivity index (χ1v) is 7.19. The number of carbonyl (C=O) groups excluding carboxylic acids is 1. The van der Waals surface area contributed by atoms with Crippen molar-refractivity contribution < 1.29 is 9.21 Å². The van der Waals surface area contributed by atoms with E-state index in [0.29, 0.717) is 35.5 Å². The Labute approximate surface area is 121 Å². The zero-order valence-electron chi connectivity index (χ0n) is 11.9. The summed E-state index contributed by atoms with van der Waals surface area (Å²) in [6.45, 7) is 2.12. The number of fused-ring (bicyclic) bond motifs is 1. The van der Waals surface area contributed by atoms with E-state index in [1.54, 1.807) is 18.2 Å². The van der Waals surface area contributed by atoms with E-state index in [4.69, 9.17) is 10.2 Å². The van der Waals surface area contributed by atoms with E-state index in [-0.39, 0.29) is 5.91 Å². The summed E-state index contributed by atoms with van der Waals surface area (Å²) >= 11 is 0. The average molecular weight is 289 g/mol. The number of anilines is 1. The van der Waals surface area contributed by atoms with Crippen LogP contribution in [0.4, 0.5) is 5.69 Å². The number of oxazole rings is 1. The third-order valence-electron chi connectivity index (χ3n) is 4.16. The van der Waals surface area contributed by atoms with Gasteiger partial charge in [-0.25, -0.2) is 4.79 Å². The van der Waals surface area contributed by atoms with Gasteiger partial charge in [-0.15, -0.1) is 0 Å². The number of H-pyrrole nitrogens is 1. The van der Waals surface area contributed by atoms with Gasteiger partial charge in [0.1, 0.15) is 0 Å². The van der Waals surface area contributed by atoms with Crippen LogP contribution in [0.5, 0.6) is 0 Å². The van der Waals surface area contributed by atoms with Gasteiger partial charge in [0.2, 0.25) is 5.91 Å². The molecule has 1 saturated carbocycles. The minimum atomic E-state index is -0.809. The van der Waals surface area contributed by atoms with Crippen LogP contribution >= 0.6 is 0 Å². The van der Waals surface area contributed by atoms with Gasteiger partial charge in [0.05, 0.1) is 11.1 Å². The lowest BCUT2D eigenvalue weighted by Crippen LogP contribution is -2.53. The van der Waals surface area contributed by atoms with Crippen molar-refractivity contribution >= 4 is 22.7 Å². The van der Waals surface area contributed by atoms with Gasteiger partial charge in [0.15, 0.2) is 5.58 Å². The Kier molecular flexibility index (Phi) is 3.33. The van der Waals surface area contributed by atoms with E-state index in [2.05, 4.69) is 17.2 Å². The van der Waals surface area contributed by atoms with Crippen LogP contribution in [0.15, 0.2) is 27.4 Å². The molecule has 21 heavy (non-hydrogen) atoms. The molecule has 112 valence electrons. The van der Waals surface area contributed by atoms with E-state index in [1.807, 2.05) is 0 Å². The first kappa shape index (κ1) is 13.9. The number of nitrogens with two attached hydrogens (primary N) is 1. The van der Waals surface area contributed by atoms with Crippen molar-refractivity contribution in [1.82, 2.24) is 4.98 Å². The fraction of sp³-hybridized carbons (Fsp3) is 0.467. The number of benzene rings is 1. The number of aromatic nitrogens is 1. The van der Waals surface area contributed by atoms with Crippen LogP contribution in [-0.4, -0.2) is 16.4 Å². The molecule has 1 amide bonds. The third kappa shape index (κ3) is 2.71. The average Bonchev–Trinajstić information content (AvgIpc) is 2.77. The largest absolute Gasteiger partial charge is 0.417 e. The molecule has 1 aliphatic rings. The lowest BCUT2D eigenvalue weighted by molar-refractivity contribution is -0.122. The second kappa shape index (κ2) is 5.04. The molecule has 0 aliphatic heterocycles. The molecule has 2 aromatic rings. The molecule has 1 aromatic heterocycles. The maximum absolute atomic E-state index is 12.4. The van der Waals surface area contributed by atoms with Crippen LogP contribution in [0, 0.1) is 5.92 Å². The summed E-state index contributed by atoms with van der Waals surface area (Å²) in [5, 5.41) is 2.85. The molecule has 0 saturated heterocycles. The fourth-order valence-electron chi connectivity index (χ4n) is 3.08. The summed E-state index contributed by atoms with van der Waals surface area (Å²) in [4.78, 5) is 26.1.